The van der Waals surface area contributed by atoms with Crippen LogP contribution in [-0.2, 0) is 11.4 Å². The highest BCUT2D eigenvalue weighted by Crippen LogP contribution is 2.39. The number of aryl methyl sites for hydroxylation is 2. The number of carbonyl (C=O) groups excluding carboxylic acids is 1. The number of carbonyl (C=O) groups is 1. The standard InChI is InChI=1S/C28H28N6O3/c1-17-7-5-9-20(13-17)16-37-23-12-11-21(15-24(23)36-4)26-25(19(3)29-28-31-32-33-34(26)28)27(35)30-22-10-6-8-18(2)14-22/h5-15,26H,16H2,1-4H3,(H,30,35)(H,29,31,33). The van der Waals surface area contributed by atoms with Crippen LogP contribution in [0.15, 0.2) is 78.0 Å². The molecule has 9 heteroatoms. The van der Waals surface area contributed by atoms with Gasteiger partial charge < -0.3 is 20.1 Å². The smallest absolute Gasteiger partial charge is 0.255 e. The van der Waals surface area contributed by atoms with Crippen LogP contribution < -0.4 is 20.1 Å². The summed E-state index contributed by atoms with van der Waals surface area (Å²) in [6.45, 7) is 6.28. The summed E-state index contributed by atoms with van der Waals surface area (Å²) < 4.78 is 13.3. The van der Waals surface area contributed by atoms with Crippen LogP contribution in [0.4, 0.5) is 11.6 Å². The van der Waals surface area contributed by atoms with Crippen molar-refractivity contribution in [3.05, 3.63) is 100 Å². The fourth-order valence-electron chi connectivity index (χ4n) is 4.47. The summed E-state index contributed by atoms with van der Waals surface area (Å²) in [5.41, 5.74) is 5.94. The van der Waals surface area contributed by atoms with Crippen LogP contribution in [0.25, 0.3) is 0 Å². The van der Waals surface area contributed by atoms with E-state index in [0.717, 1.165) is 16.7 Å². The highest BCUT2D eigenvalue weighted by Gasteiger charge is 2.34. The molecule has 0 fully saturated rings. The molecule has 9 nitrogen and oxygen atoms in total. The van der Waals surface area contributed by atoms with Crippen LogP contribution in [0, 0.1) is 13.8 Å². The summed E-state index contributed by atoms with van der Waals surface area (Å²) in [6.07, 6.45) is 0. The van der Waals surface area contributed by atoms with Crippen molar-refractivity contribution in [2.75, 3.05) is 17.7 Å². The minimum Gasteiger partial charge on any atom is -0.493 e. The van der Waals surface area contributed by atoms with Crippen LogP contribution in [0.5, 0.6) is 11.5 Å². The molecule has 0 aliphatic carbocycles. The molecule has 1 atom stereocenters. The molecule has 1 unspecified atom stereocenters. The number of benzene rings is 3. The second-order valence-electron chi connectivity index (χ2n) is 9.02. The third-order valence-electron chi connectivity index (χ3n) is 6.21. The first-order valence-corrected chi connectivity index (χ1v) is 11.9. The quantitative estimate of drug-likeness (QED) is 0.379. The molecule has 5 rings (SSSR count). The van der Waals surface area contributed by atoms with Crippen molar-refractivity contribution < 1.29 is 14.3 Å². The maximum Gasteiger partial charge on any atom is 0.255 e. The van der Waals surface area contributed by atoms with Gasteiger partial charge in [-0.2, -0.15) is 4.68 Å². The zero-order chi connectivity index (χ0) is 25.9. The number of methoxy groups -OCH3 is 1. The lowest BCUT2D eigenvalue weighted by molar-refractivity contribution is -0.113. The molecule has 0 saturated carbocycles. The summed E-state index contributed by atoms with van der Waals surface area (Å²) >= 11 is 0. The van der Waals surface area contributed by atoms with Crippen molar-refractivity contribution in [2.24, 2.45) is 0 Å². The number of nitrogens with one attached hydrogen (secondary N) is 2. The van der Waals surface area contributed by atoms with Gasteiger partial charge in [0.25, 0.3) is 5.91 Å². The lowest BCUT2D eigenvalue weighted by Gasteiger charge is -2.28. The molecular formula is C28H28N6O3. The van der Waals surface area contributed by atoms with E-state index in [1.807, 2.05) is 81.4 Å². The van der Waals surface area contributed by atoms with E-state index in [9.17, 15) is 4.79 Å². The Morgan fingerprint density at radius 1 is 1.00 bits per heavy atom. The molecule has 2 heterocycles. The molecule has 0 spiro atoms. The fraction of sp³-hybridized carbons (Fsp3) is 0.214. The highest BCUT2D eigenvalue weighted by atomic mass is 16.5. The summed E-state index contributed by atoms with van der Waals surface area (Å²) in [5, 5.41) is 18.2. The molecule has 0 bridgehead atoms. The Hall–Kier alpha value is -4.66. The van der Waals surface area contributed by atoms with Gasteiger partial charge in [0.2, 0.25) is 5.95 Å². The SMILES string of the molecule is COc1cc(C2C(C(=O)Nc3cccc(C)c3)=C(C)Nc3nnnn32)ccc1OCc1cccc(C)c1. The third kappa shape index (κ3) is 5.02. The number of hydrogen-bond donors (Lipinski definition) is 2. The largest absolute Gasteiger partial charge is 0.493 e. The van der Waals surface area contributed by atoms with Gasteiger partial charge in [-0.3, -0.25) is 4.79 Å². The van der Waals surface area contributed by atoms with Gasteiger partial charge in [0.15, 0.2) is 11.5 Å². The van der Waals surface area contributed by atoms with Crippen LogP contribution in [0.3, 0.4) is 0 Å². The van der Waals surface area contributed by atoms with Gasteiger partial charge >= 0.3 is 0 Å². The average molecular weight is 497 g/mol. The summed E-state index contributed by atoms with van der Waals surface area (Å²) in [4.78, 5) is 13.6. The van der Waals surface area contributed by atoms with E-state index < -0.39 is 6.04 Å². The number of allylic oxidation sites excluding steroid dienone is 1. The second-order valence-corrected chi connectivity index (χ2v) is 9.02. The number of anilines is 2. The van der Waals surface area contributed by atoms with E-state index in [0.29, 0.717) is 41.0 Å². The fourth-order valence-corrected chi connectivity index (χ4v) is 4.47. The number of fused-ring (bicyclic) bond motifs is 1. The van der Waals surface area contributed by atoms with Crippen LogP contribution in [-0.4, -0.2) is 33.2 Å². The van der Waals surface area contributed by atoms with Crippen molar-refractivity contribution in [2.45, 2.75) is 33.4 Å². The number of hydrogen-bond acceptors (Lipinski definition) is 7. The molecule has 37 heavy (non-hydrogen) atoms. The molecule has 1 aliphatic rings. The first-order chi connectivity index (χ1) is 17.9. The molecule has 2 N–H and O–H groups in total. The predicted molar refractivity (Wildman–Crippen MR) is 141 cm³/mol. The molecule has 3 aromatic carbocycles. The Balaban J connectivity index is 1.47. The first-order valence-electron chi connectivity index (χ1n) is 11.9. The van der Waals surface area contributed by atoms with Crippen LogP contribution in [0.1, 0.15) is 35.2 Å². The highest BCUT2D eigenvalue weighted by molar-refractivity contribution is 6.06. The summed E-state index contributed by atoms with van der Waals surface area (Å²) in [5.74, 6) is 1.35. The monoisotopic (exact) mass is 496 g/mol. The number of tetrazole rings is 1. The van der Waals surface area contributed by atoms with Gasteiger partial charge in [0, 0.05) is 11.4 Å². The van der Waals surface area contributed by atoms with Crippen LogP contribution in [0.2, 0.25) is 0 Å². The van der Waals surface area contributed by atoms with E-state index in [2.05, 4.69) is 32.2 Å². The predicted octanol–water partition coefficient (Wildman–Crippen LogP) is 4.81. The van der Waals surface area contributed by atoms with Crippen LogP contribution >= 0.6 is 0 Å². The maximum atomic E-state index is 13.6. The normalized spacial score (nSPS) is 14.5. The van der Waals surface area contributed by atoms with E-state index in [-0.39, 0.29) is 5.91 Å². The van der Waals surface area contributed by atoms with Gasteiger partial charge in [-0.05, 0) is 72.2 Å². The van der Waals surface area contributed by atoms with Gasteiger partial charge in [-0.25, -0.2) is 0 Å². The summed E-state index contributed by atoms with van der Waals surface area (Å²) in [7, 11) is 1.59. The Morgan fingerprint density at radius 2 is 1.78 bits per heavy atom. The zero-order valence-corrected chi connectivity index (χ0v) is 21.1. The molecule has 188 valence electrons. The Labute approximate surface area is 215 Å². The molecule has 4 aromatic rings. The summed E-state index contributed by atoms with van der Waals surface area (Å²) in [6, 6.07) is 20.9. The topological polar surface area (TPSA) is 103 Å². The van der Waals surface area contributed by atoms with E-state index in [1.165, 1.54) is 5.56 Å². The Morgan fingerprint density at radius 3 is 2.54 bits per heavy atom. The van der Waals surface area contributed by atoms with Crippen molar-refractivity contribution >= 4 is 17.5 Å². The van der Waals surface area contributed by atoms with Crippen molar-refractivity contribution in [1.82, 2.24) is 20.2 Å². The second kappa shape index (κ2) is 10.1. The zero-order valence-electron chi connectivity index (χ0n) is 21.1. The minimum absolute atomic E-state index is 0.250. The van der Waals surface area contributed by atoms with E-state index in [1.54, 1.807) is 11.8 Å². The molecule has 0 saturated heterocycles. The van der Waals surface area contributed by atoms with Gasteiger partial charge in [0.1, 0.15) is 12.6 Å². The first kappa shape index (κ1) is 24.1. The van der Waals surface area contributed by atoms with Crippen molar-refractivity contribution in [3.8, 4) is 11.5 Å². The van der Waals surface area contributed by atoms with Crippen molar-refractivity contribution in [3.63, 3.8) is 0 Å². The molecule has 1 amide bonds. The van der Waals surface area contributed by atoms with Gasteiger partial charge in [0.05, 0.1) is 12.7 Å². The molecule has 0 radical (unpaired) electrons. The Bertz CT molecular complexity index is 1490. The average Bonchev–Trinajstić information content (AvgIpc) is 3.34. The van der Waals surface area contributed by atoms with Gasteiger partial charge in [-0.15, -0.1) is 0 Å². The number of amides is 1. The molecule has 1 aliphatic heterocycles. The minimum atomic E-state index is -0.573. The van der Waals surface area contributed by atoms with E-state index in [4.69, 9.17) is 9.47 Å². The number of aromatic nitrogens is 4. The number of rotatable bonds is 7. The lowest BCUT2D eigenvalue weighted by Crippen LogP contribution is -2.31. The van der Waals surface area contributed by atoms with Crippen molar-refractivity contribution in [1.29, 1.82) is 0 Å². The number of ether oxygens (including phenoxy) is 2. The molecule has 1 aromatic heterocycles. The lowest BCUT2D eigenvalue weighted by atomic mass is 9.94. The van der Waals surface area contributed by atoms with Gasteiger partial charge in [-0.1, -0.05) is 53.1 Å². The third-order valence-corrected chi connectivity index (χ3v) is 6.21. The maximum absolute atomic E-state index is 13.6. The molecular weight excluding hydrogens is 468 g/mol. The van der Waals surface area contributed by atoms with E-state index >= 15 is 0 Å². The number of nitrogens with zero attached hydrogens (tertiary/aromatic N) is 4. The Kier molecular flexibility index (Phi) is 6.59.